The Morgan fingerprint density at radius 2 is 1.69 bits per heavy atom. The molecule has 3 aromatic carbocycles. The third-order valence-corrected chi connectivity index (χ3v) is 8.09. The summed E-state index contributed by atoms with van der Waals surface area (Å²) in [6, 6.07) is 18.1. The zero-order valence-electron chi connectivity index (χ0n) is 22.9. The Balaban J connectivity index is 1.92. The van der Waals surface area contributed by atoms with Crippen LogP contribution in [0.3, 0.4) is 0 Å². The highest BCUT2D eigenvalue weighted by Crippen LogP contribution is 2.30. The number of aryl methyl sites for hydroxylation is 1. The second-order valence-corrected chi connectivity index (χ2v) is 11.8. The quantitative estimate of drug-likeness (QED) is 0.199. The van der Waals surface area contributed by atoms with E-state index in [2.05, 4.69) is 20.8 Å². The van der Waals surface area contributed by atoms with E-state index >= 15 is 0 Å². The van der Waals surface area contributed by atoms with Gasteiger partial charge >= 0.3 is 0 Å². The number of carbonyl (C=O) groups excluding carboxylic acids is 1. The Morgan fingerprint density at radius 1 is 1.00 bits per heavy atom. The van der Waals surface area contributed by atoms with Gasteiger partial charge in [0.25, 0.3) is 15.9 Å². The van der Waals surface area contributed by atoms with E-state index in [4.69, 9.17) is 21.1 Å². The molecule has 0 aliphatic heterocycles. The lowest BCUT2D eigenvalue weighted by Crippen LogP contribution is -2.35. The van der Waals surface area contributed by atoms with Crippen LogP contribution in [0, 0.1) is 5.92 Å². The molecule has 0 atom stereocenters. The van der Waals surface area contributed by atoms with Crippen molar-refractivity contribution in [1.29, 1.82) is 0 Å². The number of nitrogens with zero attached hydrogens (tertiary/aromatic N) is 1. The Labute approximate surface area is 237 Å². The van der Waals surface area contributed by atoms with E-state index in [0.29, 0.717) is 34.6 Å². The molecule has 3 rings (SSSR count). The van der Waals surface area contributed by atoms with Crippen molar-refractivity contribution in [2.75, 3.05) is 18.0 Å². The molecule has 0 bridgehead atoms. The first-order chi connectivity index (χ1) is 18.6. The minimum Gasteiger partial charge on any atom is -0.493 e. The maximum atomic E-state index is 13.6. The third-order valence-electron chi connectivity index (χ3n) is 6.10. The van der Waals surface area contributed by atoms with Gasteiger partial charge in [-0.05, 0) is 90.9 Å². The molecular formula is C31H36ClNO5S. The van der Waals surface area contributed by atoms with Gasteiger partial charge in [0.05, 0.1) is 24.3 Å². The van der Waals surface area contributed by atoms with Crippen LogP contribution in [0.5, 0.6) is 11.5 Å². The predicted octanol–water partition coefficient (Wildman–Crippen LogP) is 7.55. The van der Waals surface area contributed by atoms with E-state index in [1.807, 2.05) is 12.1 Å². The van der Waals surface area contributed by atoms with Gasteiger partial charge in [0.1, 0.15) is 0 Å². The van der Waals surface area contributed by atoms with Gasteiger partial charge in [0, 0.05) is 11.1 Å². The summed E-state index contributed by atoms with van der Waals surface area (Å²) in [6.07, 6.45) is 6.68. The van der Waals surface area contributed by atoms with Crippen molar-refractivity contribution in [2.24, 2.45) is 5.92 Å². The fourth-order valence-corrected chi connectivity index (χ4v) is 5.34. The minimum atomic E-state index is -4.21. The molecule has 0 saturated carbocycles. The van der Waals surface area contributed by atoms with Crippen LogP contribution in [0.25, 0.3) is 6.08 Å². The molecule has 0 N–H and O–H groups in total. The standard InChI is InChI=1S/C31H36ClNO5S/c1-5-6-7-24-8-14-27(15-9-24)33(39(35,36)28-16-12-26(32)13-17-28)31(34)19-11-25-10-18-29(30(22-25)37-4)38-21-20-23(2)3/h8-19,22-23H,5-7,20-21H2,1-4H3/b19-11+. The number of amides is 1. The second-order valence-electron chi connectivity index (χ2n) is 9.61. The number of hydrogen-bond donors (Lipinski definition) is 0. The van der Waals surface area contributed by atoms with Crippen molar-refractivity contribution < 1.29 is 22.7 Å². The van der Waals surface area contributed by atoms with Crippen molar-refractivity contribution in [2.45, 2.75) is 51.3 Å². The van der Waals surface area contributed by atoms with Crippen LogP contribution < -0.4 is 13.8 Å². The van der Waals surface area contributed by atoms with Crippen LogP contribution in [0.2, 0.25) is 5.02 Å². The number of anilines is 1. The number of halogens is 1. The molecule has 0 unspecified atom stereocenters. The largest absolute Gasteiger partial charge is 0.493 e. The molecule has 208 valence electrons. The smallest absolute Gasteiger partial charge is 0.271 e. The lowest BCUT2D eigenvalue weighted by atomic mass is 10.1. The average Bonchev–Trinajstić information content (AvgIpc) is 2.92. The molecule has 0 spiro atoms. The zero-order valence-corrected chi connectivity index (χ0v) is 24.5. The van der Waals surface area contributed by atoms with Crippen molar-refractivity contribution in [3.8, 4) is 11.5 Å². The first-order valence-electron chi connectivity index (χ1n) is 13.1. The molecule has 0 aliphatic rings. The average molecular weight is 570 g/mol. The van der Waals surface area contributed by atoms with Crippen LogP contribution in [0.15, 0.2) is 77.7 Å². The molecule has 3 aromatic rings. The monoisotopic (exact) mass is 569 g/mol. The number of rotatable bonds is 13. The van der Waals surface area contributed by atoms with Crippen molar-refractivity contribution in [3.05, 3.63) is 89.0 Å². The van der Waals surface area contributed by atoms with Gasteiger partial charge in [-0.1, -0.05) is 57.0 Å². The summed E-state index contributed by atoms with van der Waals surface area (Å²) >= 11 is 5.97. The van der Waals surface area contributed by atoms with Gasteiger partial charge in [0.2, 0.25) is 0 Å². The van der Waals surface area contributed by atoms with Gasteiger partial charge < -0.3 is 9.47 Å². The first kappa shape index (κ1) is 30.3. The Kier molecular flexibility index (Phi) is 11.0. The summed E-state index contributed by atoms with van der Waals surface area (Å²) in [5, 5.41) is 0.401. The molecule has 6 nitrogen and oxygen atoms in total. The van der Waals surface area contributed by atoms with Gasteiger partial charge in [0.15, 0.2) is 11.5 Å². The van der Waals surface area contributed by atoms with E-state index in [9.17, 15) is 13.2 Å². The molecular weight excluding hydrogens is 534 g/mol. The summed E-state index contributed by atoms with van der Waals surface area (Å²) in [5.41, 5.74) is 2.00. The summed E-state index contributed by atoms with van der Waals surface area (Å²) in [5.74, 6) is 0.949. The van der Waals surface area contributed by atoms with E-state index < -0.39 is 15.9 Å². The number of carbonyl (C=O) groups is 1. The lowest BCUT2D eigenvalue weighted by molar-refractivity contribution is -0.113. The van der Waals surface area contributed by atoms with Crippen LogP contribution in [-0.2, 0) is 21.2 Å². The van der Waals surface area contributed by atoms with Crippen molar-refractivity contribution in [3.63, 3.8) is 0 Å². The van der Waals surface area contributed by atoms with E-state index in [-0.39, 0.29) is 10.6 Å². The molecule has 8 heteroatoms. The predicted molar refractivity (Wildman–Crippen MR) is 158 cm³/mol. The van der Waals surface area contributed by atoms with Gasteiger partial charge in [-0.25, -0.2) is 8.42 Å². The summed E-state index contributed by atoms with van der Waals surface area (Å²) < 4.78 is 39.4. The number of methoxy groups -OCH3 is 1. The Morgan fingerprint density at radius 3 is 2.31 bits per heavy atom. The van der Waals surface area contributed by atoms with Gasteiger partial charge in [-0.3, -0.25) is 4.79 Å². The van der Waals surface area contributed by atoms with Gasteiger partial charge in [-0.15, -0.1) is 0 Å². The van der Waals surface area contributed by atoms with E-state index in [1.165, 1.54) is 30.3 Å². The first-order valence-corrected chi connectivity index (χ1v) is 14.9. The fraction of sp³-hybridized carbons (Fsp3) is 0.323. The van der Waals surface area contributed by atoms with Crippen LogP contribution in [0.4, 0.5) is 5.69 Å². The molecule has 0 fully saturated rings. The lowest BCUT2D eigenvalue weighted by Gasteiger charge is -2.22. The topological polar surface area (TPSA) is 72.9 Å². The number of ether oxygens (including phenoxy) is 2. The van der Waals surface area contributed by atoms with Gasteiger partial charge in [-0.2, -0.15) is 4.31 Å². The second kappa shape index (κ2) is 14.2. The minimum absolute atomic E-state index is 0.0340. The van der Waals surface area contributed by atoms with Crippen LogP contribution in [0.1, 0.15) is 51.2 Å². The maximum Gasteiger partial charge on any atom is 0.271 e. The SMILES string of the molecule is CCCCc1ccc(N(C(=O)/C=C/c2ccc(OCCC(C)C)c(OC)c2)S(=O)(=O)c2ccc(Cl)cc2)cc1. The molecule has 0 heterocycles. The number of hydrogen-bond acceptors (Lipinski definition) is 5. The van der Waals surface area contributed by atoms with Crippen LogP contribution in [-0.4, -0.2) is 28.0 Å². The molecule has 1 amide bonds. The number of sulfonamides is 1. The summed E-state index contributed by atoms with van der Waals surface area (Å²) in [7, 11) is -2.66. The van der Waals surface area contributed by atoms with E-state index in [1.54, 1.807) is 43.5 Å². The number of unbranched alkanes of at least 4 members (excludes halogenated alkanes) is 1. The highest BCUT2D eigenvalue weighted by atomic mass is 35.5. The summed E-state index contributed by atoms with van der Waals surface area (Å²) in [4.78, 5) is 13.4. The van der Waals surface area contributed by atoms with Crippen LogP contribution >= 0.6 is 11.6 Å². The molecule has 0 saturated heterocycles. The molecule has 0 aromatic heterocycles. The Bertz CT molecular complexity index is 1370. The zero-order chi connectivity index (χ0) is 28.4. The number of benzene rings is 3. The fourth-order valence-electron chi connectivity index (χ4n) is 3.82. The van der Waals surface area contributed by atoms with Crippen molar-refractivity contribution >= 4 is 39.3 Å². The highest BCUT2D eigenvalue weighted by Gasteiger charge is 2.29. The molecule has 0 radical (unpaired) electrons. The maximum absolute atomic E-state index is 13.6. The van der Waals surface area contributed by atoms with Crippen molar-refractivity contribution in [1.82, 2.24) is 0 Å². The summed E-state index contributed by atoms with van der Waals surface area (Å²) in [6.45, 7) is 6.94. The third kappa shape index (κ3) is 8.35. The molecule has 0 aliphatic carbocycles. The normalized spacial score (nSPS) is 11.6. The molecule has 39 heavy (non-hydrogen) atoms. The van der Waals surface area contributed by atoms with E-state index in [0.717, 1.165) is 35.6 Å². The Hall–Kier alpha value is -3.29. The highest BCUT2D eigenvalue weighted by molar-refractivity contribution is 7.93.